The van der Waals surface area contributed by atoms with E-state index in [1.54, 1.807) is 0 Å². The number of carbonyl (C=O) groups is 1. The van der Waals surface area contributed by atoms with Crippen LogP contribution in [0.5, 0.6) is 0 Å². The van der Waals surface area contributed by atoms with E-state index in [0.29, 0.717) is 0 Å². The molecular weight excluding hydrogens is 148 g/mol. The van der Waals surface area contributed by atoms with Gasteiger partial charge < -0.3 is 14.9 Å². The smallest absolute Gasteiger partial charge is 0.337 e. The Labute approximate surface area is 65.8 Å². The lowest BCUT2D eigenvalue weighted by molar-refractivity contribution is -0.156. The first-order valence-corrected chi connectivity index (χ1v) is 3.53. The molecule has 0 aliphatic heterocycles. The lowest BCUT2D eigenvalue weighted by Gasteiger charge is -2.09. The number of ether oxygens (including phenoxy) is 1. The summed E-state index contributed by atoms with van der Waals surface area (Å²) in [6.07, 6.45) is -1.39. The zero-order chi connectivity index (χ0) is 8.85. The van der Waals surface area contributed by atoms with Crippen LogP contribution in [0, 0.1) is 5.92 Å². The van der Waals surface area contributed by atoms with E-state index < -0.39 is 18.7 Å². The highest BCUT2D eigenvalue weighted by Gasteiger charge is 2.14. The van der Waals surface area contributed by atoms with Gasteiger partial charge in [-0.25, -0.2) is 4.79 Å². The minimum Gasteiger partial charge on any atom is -0.463 e. The van der Waals surface area contributed by atoms with Crippen molar-refractivity contribution in [3.63, 3.8) is 0 Å². The fraction of sp³-hybridized carbons (Fsp3) is 0.857. The molecular formula is C7H14O4. The number of carbonyl (C=O) groups excluding carboxylic acids is 1. The quantitative estimate of drug-likeness (QED) is 0.549. The third-order valence-electron chi connectivity index (χ3n) is 1.00. The van der Waals surface area contributed by atoms with E-state index in [2.05, 4.69) is 4.74 Å². The SMILES string of the molecule is CC(C)COC(=O)[C@H](O)CO. The summed E-state index contributed by atoms with van der Waals surface area (Å²) in [4.78, 5) is 10.6. The molecule has 0 saturated carbocycles. The van der Waals surface area contributed by atoms with Crippen LogP contribution in [0.3, 0.4) is 0 Å². The number of hydrogen-bond acceptors (Lipinski definition) is 4. The molecule has 0 bridgehead atoms. The molecule has 0 amide bonds. The van der Waals surface area contributed by atoms with Crippen molar-refractivity contribution in [1.82, 2.24) is 0 Å². The summed E-state index contributed by atoms with van der Waals surface area (Å²) in [7, 11) is 0. The molecule has 0 fully saturated rings. The molecule has 0 aromatic heterocycles. The second-order valence-electron chi connectivity index (χ2n) is 2.72. The van der Waals surface area contributed by atoms with E-state index in [1.807, 2.05) is 13.8 Å². The summed E-state index contributed by atoms with van der Waals surface area (Å²) >= 11 is 0. The Morgan fingerprint density at radius 1 is 1.55 bits per heavy atom. The van der Waals surface area contributed by atoms with Crippen molar-refractivity contribution in [3.8, 4) is 0 Å². The minimum atomic E-state index is -1.39. The van der Waals surface area contributed by atoms with Gasteiger partial charge in [-0.2, -0.15) is 0 Å². The number of esters is 1. The number of hydrogen-bond donors (Lipinski definition) is 2. The van der Waals surface area contributed by atoms with Gasteiger partial charge >= 0.3 is 5.97 Å². The lowest BCUT2D eigenvalue weighted by atomic mass is 10.2. The summed E-state index contributed by atoms with van der Waals surface area (Å²) in [5.41, 5.74) is 0. The van der Waals surface area contributed by atoms with Crippen molar-refractivity contribution in [2.24, 2.45) is 5.92 Å². The van der Waals surface area contributed by atoms with E-state index in [1.165, 1.54) is 0 Å². The highest BCUT2D eigenvalue weighted by molar-refractivity contribution is 5.74. The van der Waals surface area contributed by atoms with E-state index in [-0.39, 0.29) is 12.5 Å². The van der Waals surface area contributed by atoms with Crippen LogP contribution in [-0.2, 0) is 9.53 Å². The molecule has 0 heterocycles. The van der Waals surface area contributed by atoms with Crippen molar-refractivity contribution in [2.75, 3.05) is 13.2 Å². The Kier molecular flexibility index (Phi) is 4.81. The average Bonchev–Trinajstić information content (AvgIpc) is 1.98. The largest absolute Gasteiger partial charge is 0.463 e. The van der Waals surface area contributed by atoms with Crippen LogP contribution < -0.4 is 0 Å². The lowest BCUT2D eigenvalue weighted by Crippen LogP contribution is -2.27. The van der Waals surface area contributed by atoms with E-state index in [0.717, 1.165) is 0 Å². The van der Waals surface area contributed by atoms with Crippen LogP contribution in [0.25, 0.3) is 0 Å². The fourth-order valence-corrected chi connectivity index (χ4v) is 0.420. The van der Waals surface area contributed by atoms with Gasteiger partial charge in [0.1, 0.15) is 0 Å². The third kappa shape index (κ3) is 4.75. The van der Waals surface area contributed by atoms with Gasteiger partial charge in [-0.05, 0) is 5.92 Å². The fourth-order valence-electron chi connectivity index (χ4n) is 0.420. The first-order valence-electron chi connectivity index (χ1n) is 3.53. The highest BCUT2D eigenvalue weighted by atomic mass is 16.5. The Hall–Kier alpha value is -0.610. The van der Waals surface area contributed by atoms with E-state index in [9.17, 15) is 4.79 Å². The molecule has 66 valence electrons. The Morgan fingerprint density at radius 3 is 2.45 bits per heavy atom. The molecule has 0 rings (SSSR count). The van der Waals surface area contributed by atoms with E-state index >= 15 is 0 Å². The summed E-state index contributed by atoms with van der Waals surface area (Å²) in [6.45, 7) is 3.46. The predicted molar refractivity (Wildman–Crippen MR) is 38.9 cm³/mol. The molecule has 0 spiro atoms. The molecule has 0 saturated heterocycles. The van der Waals surface area contributed by atoms with Crippen LogP contribution in [0.2, 0.25) is 0 Å². The van der Waals surface area contributed by atoms with Gasteiger partial charge in [0, 0.05) is 0 Å². The monoisotopic (exact) mass is 162 g/mol. The Morgan fingerprint density at radius 2 is 2.09 bits per heavy atom. The first kappa shape index (κ1) is 10.4. The maximum atomic E-state index is 10.6. The van der Waals surface area contributed by atoms with Crippen molar-refractivity contribution >= 4 is 5.97 Å². The molecule has 2 N–H and O–H groups in total. The molecule has 0 aromatic rings. The zero-order valence-electron chi connectivity index (χ0n) is 6.78. The predicted octanol–water partition coefficient (Wildman–Crippen LogP) is -0.461. The van der Waals surface area contributed by atoms with Crippen LogP contribution in [-0.4, -0.2) is 35.5 Å². The average molecular weight is 162 g/mol. The van der Waals surface area contributed by atoms with Crippen molar-refractivity contribution in [1.29, 1.82) is 0 Å². The molecule has 0 unspecified atom stereocenters. The first-order chi connectivity index (χ1) is 5.07. The van der Waals surface area contributed by atoms with Crippen molar-refractivity contribution < 1.29 is 19.7 Å². The van der Waals surface area contributed by atoms with Gasteiger partial charge in [0.25, 0.3) is 0 Å². The highest BCUT2D eigenvalue weighted by Crippen LogP contribution is 1.95. The van der Waals surface area contributed by atoms with Crippen LogP contribution >= 0.6 is 0 Å². The Balaban J connectivity index is 3.52. The molecule has 0 aliphatic rings. The maximum absolute atomic E-state index is 10.6. The normalized spacial score (nSPS) is 13.2. The third-order valence-corrected chi connectivity index (χ3v) is 1.00. The van der Waals surface area contributed by atoms with Gasteiger partial charge in [-0.1, -0.05) is 13.8 Å². The molecule has 11 heavy (non-hydrogen) atoms. The molecule has 0 radical (unpaired) electrons. The van der Waals surface area contributed by atoms with Gasteiger partial charge in [-0.15, -0.1) is 0 Å². The van der Waals surface area contributed by atoms with Crippen LogP contribution in [0.1, 0.15) is 13.8 Å². The summed E-state index contributed by atoms with van der Waals surface area (Å²) < 4.78 is 4.61. The molecule has 4 heteroatoms. The Bertz CT molecular complexity index is 122. The molecule has 4 nitrogen and oxygen atoms in total. The second-order valence-corrected chi connectivity index (χ2v) is 2.72. The number of aliphatic hydroxyl groups excluding tert-OH is 2. The van der Waals surface area contributed by atoms with Crippen molar-refractivity contribution in [2.45, 2.75) is 20.0 Å². The summed E-state index contributed by atoms with van der Waals surface area (Å²) in [5.74, 6) is -0.522. The zero-order valence-corrected chi connectivity index (χ0v) is 6.78. The second kappa shape index (κ2) is 5.09. The van der Waals surface area contributed by atoms with Gasteiger partial charge in [0.15, 0.2) is 6.10 Å². The van der Waals surface area contributed by atoms with E-state index in [4.69, 9.17) is 10.2 Å². The standard InChI is InChI=1S/C7H14O4/c1-5(2)4-11-7(10)6(9)3-8/h5-6,8-9H,3-4H2,1-2H3/t6-/m1/s1. The number of rotatable bonds is 4. The van der Waals surface area contributed by atoms with Gasteiger partial charge in [0.2, 0.25) is 0 Å². The molecule has 1 atom stereocenters. The maximum Gasteiger partial charge on any atom is 0.337 e. The topological polar surface area (TPSA) is 66.8 Å². The van der Waals surface area contributed by atoms with Crippen LogP contribution in [0.4, 0.5) is 0 Å². The minimum absolute atomic E-state index is 0.241. The van der Waals surface area contributed by atoms with Crippen LogP contribution in [0.15, 0.2) is 0 Å². The van der Waals surface area contributed by atoms with Gasteiger partial charge in [-0.3, -0.25) is 0 Å². The number of aliphatic hydroxyl groups is 2. The summed E-state index contributed by atoms with van der Waals surface area (Å²) in [5, 5.41) is 17.0. The molecule has 0 aliphatic carbocycles. The van der Waals surface area contributed by atoms with Crippen molar-refractivity contribution in [3.05, 3.63) is 0 Å². The molecule has 0 aromatic carbocycles. The van der Waals surface area contributed by atoms with Gasteiger partial charge in [0.05, 0.1) is 13.2 Å². The summed E-state index contributed by atoms with van der Waals surface area (Å²) in [6, 6.07) is 0.